The number of morpholine rings is 1. The average Bonchev–Trinajstić information content (AvgIpc) is 2.47. The molecule has 2 rings (SSSR count). The molecule has 1 fully saturated rings. The molecule has 104 valence electrons. The minimum atomic E-state index is -0.420. The van der Waals surface area contributed by atoms with Crippen molar-refractivity contribution in [2.45, 2.75) is 12.6 Å². The van der Waals surface area contributed by atoms with Crippen molar-refractivity contribution < 1.29 is 9.53 Å². The van der Waals surface area contributed by atoms with Crippen LogP contribution in [0, 0.1) is 0 Å². The molecule has 0 bridgehead atoms. The Labute approximate surface area is 116 Å². The zero-order chi connectivity index (χ0) is 13.8. The number of carbonyl (C=O) groups is 1. The molecule has 0 saturated carbocycles. The summed E-state index contributed by atoms with van der Waals surface area (Å²) in [7, 11) is 1.60. The first-order chi connectivity index (χ1) is 9.19. The highest BCUT2D eigenvalue weighted by molar-refractivity contribution is 6.33. The molecule has 1 aliphatic rings. The number of pyridine rings is 1. The van der Waals surface area contributed by atoms with E-state index in [0.29, 0.717) is 37.1 Å². The molecular weight excluding hydrogens is 268 g/mol. The Morgan fingerprint density at radius 3 is 3.21 bits per heavy atom. The fraction of sp³-hybridized carbons (Fsp3) is 0.500. The minimum absolute atomic E-state index is 0.115. The van der Waals surface area contributed by atoms with Crippen LogP contribution in [0.2, 0.25) is 5.02 Å². The summed E-state index contributed by atoms with van der Waals surface area (Å²) < 4.78 is 5.36. The summed E-state index contributed by atoms with van der Waals surface area (Å²) in [4.78, 5) is 18.0. The summed E-state index contributed by atoms with van der Waals surface area (Å²) in [5, 5.41) is 3.13. The van der Waals surface area contributed by atoms with E-state index in [1.807, 2.05) is 4.90 Å². The number of amides is 1. The van der Waals surface area contributed by atoms with Crippen molar-refractivity contribution in [1.29, 1.82) is 0 Å². The summed E-state index contributed by atoms with van der Waals surface area (Å²) in [6.45, 7) is 1.77. The second-order valence-corrected chi connectivity index (χ2v) is 4.59. The molecule has 1 saturated heterocycles. The van der Waals surface area contributed by atoms with Crippen LogP contribution in [0.4, 0.5) is 5.82 Å². The van der Waals surface area contributed by atoms with Crippen molar-refractivity contribution in [3.05, 3.63) is 22.8 Å². The molecule has 1 amide bonds. The van der Waals surface area contributed by atoms with E-state index in [0.717, 1.165) is 5.56 Å². The fourth-order valence-corrected chi connectivity index (χ4v) is 2.37. The largest absolute Gasteiger partial charge is 0.377 e. The van der Waals surface area contributed by atoms with Gasteiger partial charge in [-0.2, -0.15) is 0 Å². The number of nitrogens with two attached hydrogens (primary N) is 1. The van der Waals surface area contributed by atoms with Gasteiger partial charge in [-0.05, 0) is 11.6 Å². The van der Waals surface area contributed by atoms with E-state index in [1.54, 1.807) is 19.3 Å². The van der Waals surface area contributed by atoms with Gasteiger partial charge in [0.1, 0.15) is 11.9 Å². The third-order valence-electron chi connectivity index (χ3n) is 3.12. The molecule has 2 heterocycles. The van der Waals surface area contributed by atoms with E-state index in [1.165, 1.54) is 0 Å². The lowest BCUT2D eigenvalue weighted by molar-refractivity contribution is -0.124. The third-order valence-corrected chi connectivity index (χ3v) is 3.53. The Kier molecular flexibility index (Phi) is 4.57. The number of hydrogen-bond acceptors (Lipinski definition) is 5. The highest BCUT2D eigenvalue weighted by atomic mass is 35.5. The maximum Gasteiger partial charge on any atom is 0.244 e. The predicted molar refractivity (Wildman–Crippen MR) is 73.2 cm³/mol. The van der Waals surface area contributed by atoms with Crippen molar-refractivity contribution in [3.8, 4) is 0 Å². The molecule has 1 aliphatic heterocycles. The Bertz CT molecular complexity index is 469. The van der Waals surface area contributed by atoms with Gasteiger partial charge in [0.15, 0.2) is 0 Å². The van der Waals surface area contributed by atoms with Crippen LogP contribution in [0.3, 0.4) is 0 Å². The molecule has 0 aliphatic carbocycles. The first kappa shape index (κ1) is 14.0. The lowest BCUT2D eigenvalue weighted by atomic mass is 10.2. The molecule has 0 spiro atoms. The molecule has 1 aromatic rings. The molecule has 1 atom stereocenters. The number of halogens is 1. The third kappa shape index (κ3) is 2.80. The Balaban J connectivity index is 2.35. The van der Waals surface area contributed by atoms with Gasteiger partial charge in [-0.1, -0.05) is 11.6 Å². The normalized spacial score (nSPS) is 19.3. The number of nitrogens with zero attached hydrogens (tertiary/aromatic N) is 2. The maximum absolute atomic E-state index is 11.9. The van der Waals surface area contributed by atoms with Gasteiger partial charge in [-0.3, -0.25) is 4.79 Å². The van der Waals surface area contributed by atoms with Gasteiger partial charge in [0.05, 0.1) is 18.2 Å². The number of anilines is 1. The number of nitrogens with one attached hydrogen (secondary N) is 1. The topological polar surface area (TPSA) is 80.5 Å². The van der Waals surface area contributed by atoms with Crippen molar-refractivity contribution in [2.24, 2.45) is 5.73 Å². The number of likely N-dealkylation sites (N-methyl/N-ethyl adjacent to an activating group) is 1. The van der Waals surface area contributed by atoms with Crippen LogP contribution in [0.5, 0.6) is 0 Å². The number of carbonyl (C=O) groups excluding carboxylic acids is 1. The van der Waals surface area contributed by atoms with Crippen LogP contribution in [-0.2, 0) is 16.1 Å². The van der Waals surface area contributed by atoms with Gasteiger partial charge >= 0.3 is 0 Å². The minimum Gasteiger partial charge on any atom is -0.377 e. The lowest BCUT2D eigenvalue weighted by Gasteiger charge is -2.35. The molecule has 6 nitrogen and oxygen atoms in total. The second kappa shape index (κ2) is 6.18. The zero-order valence-electron chi connectivity index (χ0n) is 10.7. The molecule has 3 N–H and O–H groups in total. The van der Waals surface area contributed by atoms with Crippen molar-refractivity contribution in [2.75, 3.05) is 31.7 Å². The smallest absolute Gasteiger partial charge is 0.244 e. The van der Waals surface area contributed by atoms with Crippen LogP contribution < -0.4 is 16.0 Å². The molecular formula is C12H17ClN4O2. The maximum atomic E-state index is 11.9. The molecule has 1 aromatic heterocycles. The second-order valence-electron chi connectivity index (χ2n) is 4.21. The van der Waals surface area contributed by atoms with Gasteiger partial charge < -0.3 is 20.7 Å². The van der Waals surface area contributed by atoms with E-state index in [4.69, 9.17) is 22.1 Å². The molecule has 0 aromatic carbocycles. The van der Waals surface area contributed by atoms with Crippen LogP contribution in [0.1, 0.15) is 5.56 Å². The summed E-state index contributed by atoms with van der Waals surface area (Å²) >= 11 is 6.30. The van der Waals surface area contributed by atoms with Crippen LogP contribution in [-0.4, -0.2) is 43.7 Å². The zero-order valence-corrected chi connectivity index (χ0v) is 11.5. The number of aromatic nitrogens is 1. The van der Waals surface area contributed by atoms with Gasteiger partial charge in [0.2, 0.25) is 5.91 Å². The summed E-state index contributed by atoms with van der Waals surface area (Å²) in [6, 6.07) is 1.36. The van der Waals surface area contributed by atoms with Crippen molar-refractivity contribution in [1.82, 2.24) is 10.3 Å². The quantitative estimate of drug-likeness (QED) is 0.826. The standard InChI is InChI=1S/C12H17ClN4O2/c1-15-12(18)9-7-19-5-4-17(9)11-10(13)8(6-14)2-3-16-11/h2-3,9H,4-7,14H2,1H3,(H,15,18). The van der Waals surface area contributed by atoms with Gasteiger partial charge in [0.25, 0.3) is 0 Å². The number of ether oxygens (including phenoxy) is 1. The van der Waals surface area contributed by atoms with E-state index in [2.05, 4.69) is 10.3 Å². The monoisotopic (exact) mass is 284 g/mol. The number of hydrogen-bond donors (Lipinski definition) is 2. The molecule has 7 heteroatoms. The van der Waals surface area contributed by atoms with E-state index in [9.17, 15) is 4.79 Å². The summed E-state index contributed by atoms with van der Waals surface area (Å²) in [5.74, 6) is 0.470. The van der Waals surface area contributed by atoms with Crippen LogP contribution in [0.25, 0.3) is 0 Å². The van der Waals surface area contributed by atoms with Crippen molar-refractivity contribution in [3.63, 3.8) is 0 Å². The Morgan fingerprint density at radius 2 is 2.53 bits per heavy atom. The highest BCUT2D eigenvalue weighted by Crippen LogP contribution is 2.29. The molecule has 0 radical (unpaired) electrons. The van der Waals surface area contributed by atoms with E-state index < -0.39 is 6.04 Å². The summed E-state index contributed by atoms with van der Waals surface area (Å²) in [6.07, 6.45) is 1.65. The summed E-state index contributed by atoms with van der Waals surface area (Å²) in [5.41, 5.74) is 6.45. The van der Waals surface area contributed by atoms with Crippen LogP contribution >= 0.6 is 11.6 Å². The fourth-order valence-electron chi connectivity index (χ4n) is 2.07. The average molecular weight is 285 g/mol. The molecule has 1 unspecified atom stereocenters. The van der Waals surface area contributed by atoms with Crippen LogP contribution in [0.15, 0.2) is 12.3 Å². The van der Waals surface area contributed by atoms with Gasteiger partial charge in [-0.15, -0.1) is 0 Å². The van der Waals surface area contributed by atoms with E-state index in [-0.39, 0.29) is 5.91 Å². The van der Waals surface area contributed by atoms with Crippen molar-refractivity contribution >= 4 is 23.3 Å². The predicted octanol–water partition coefficient (Wildman–Crippen LogP) is 0.145. The SMILES string of the molecule is CNC(=O)C1COCCN1c1nccc(CN)c1Cl. The Morgan fingerprint density at radius 1 is 1.74 bits per heavy atom. The lowest BCUT2D eigenvalue weighted by Crippen LogP contribution is -2.53. The van der Waals surface area contributed by atoms with Gasteiger partial charge in [-0.25, -0.2) is 4.98 Å². The first-order valence-corrected chi connectivity index (χ1v) is 6.46. The first-order valence-electron chi connectivity index (χ1n) is 6.08. The Hall–Kier alpha value is -1.37. The number of rotatable bonds is 3. The highest BCUT2D eigenvalue weighted by Gasteiger charge is 2.31. The van der Waals surface area contributed by atoms with Gasteiger partial charge in [0, 0.05) is 26.3 Å². The van der Waals surface area contributed by atoms with E-state index >= 15 is 0 Å². The molecule has 19 heavy (non-hydrogen) atoms.